The fourth-order valence-electron chi connectivity index (χ4n) is 1.23. The number of rotatable bonds is 3. The molecule has 0 radical (unpaired) electrons. The van der Waals surface area contributed by atoms with Gasteiger partial charge in [-0.3, -0.25) is 0 Å². The minimum atomic E-state index is -1.75. The number of nitrogens with zero attached hydrogens (tertiary/aromatic N) is 1. The Morgan fingerprint density at radius 3 is 2.73 bits per heavy atom. The summed E-state index contributed by atoms with van der Waals surface area (Å²) in [6, 6.07) is 6.26. The first-order chi connectivity index (χ1) is 7.11. The zero-order valence-electron chi connectivity index (χ0n) is 7.97. The number of benzene rings is 1. The minimum absolute atomic E-state index is 0.0185. The highest BCUT2D eigenvalue weighted by Gasteiger charge is 2.23. The average Bonchev–Trinajstić information content (AvgIpc) is 2.26. The predicted molar refractivity (Wildman–Crippen MR) is 50.3 cm³/mol. The Hall–Kier alpha value is -2.06. The molecule has 1 rings (SSSR count). The summed E-state index contributed by atoms with van der Waals surface area (Å²) in [5.74, 6) is -1.24. The molecule has 1 aromatic rings. The van der Waals surface area contributed by atoms with Gasteiger partial charge in [0.2, 0.25) is 0 Å². The maximum atomic E-state index is 10.6. The fourth-order valence-corrected chi connectivity index (χ4v) is 1.23. The van der Waals surface area contributed by atoms with Crippen molar-refractivity contribution in [3.8, 4) is 11.8 Å². The summed E-state index contributed by atoms with van der Waals surface area (Å²) in [5, 5.41) is 26.8. The Labute approximate surface area is 86.1 Å². The smallest absolute Gasteiger partial charge is 0.337 e. The lowest BCUT2D eigenvalue weighted by Crippen LogP contribution is -2.13. The lowest BCUT2D eigenvalue weighted by atomic mass is 10.0. The predicted octanol–water partition coefficient (Wildman–Crippen LogP) is 0.685. The van der Waals surface area contributed by atoms with Crippen molar-refractivity contribution in [2.45, 2.75) is 6.10 Å². The van der Waals surface area contributed by atoms with Crippen LogP contribution in [0.5, 0.6) is 5.75 Å². The van der Waals surface area contributed by atoms with Gasteiger partial charge >= 0.3 is 5.97 Å². The number of nitriles is 1. The van der Waals surface area contributed by atoms with Gasteiger partial charge in [-0.05, 0) is 12.1 Å². The van der Waals surface area contributed by atoms with E-state index in [-0.39, 0.29) is 16.9 Å². The van der Waals surface area contributed by atoms with Crippen LogP contribution in [0.3, 0.4) is 0 Å². The Bertz CT molecular complexity index is 422. The van der Waals surface area contributed by atoms with Crippen LogP contribution in [0.25, 0.3) is 0 Å². The monoisotopic (exact) mass is 207 g/mol. The van der Waals surface area contributed by atoms with Crippen molar-refractivity contribution >= 4 is 5.97 Å². The number of carboxylic acid groups (broad SMARTS) is 1. The number of hydrogen-bond acceptors (Lipinski definition) is 4. The highest BCUT2D eigenvalue weighted by molar-refractivity contribution is 5.76. The first-order valence-electron chi connectivity index (χ1n) is 4.09. The number of carbonyl (C=O) groups is 1. The second-order valence-electron chi connectivity index (χ2n) is 2.77. The Kier molecular flexibility index (Phi) is 3.26. The number of aliphatic hydroxyl groups excluding tert-OH is 1. The molecule has 0 saturated carbocycles. The van der Waals surface area contributed by atoms with Gasteiger partial charge < -0.3 is 14.9 Å². The molecule has 0 spiro atoms. The molecule has 0 fully saturated rings. The number of ether oxygens (including phenoxy) is 1. The molecule has 0 aliphatic rings. The SMILES string of the molecule is COc1cccc(C#N)c1C(O)C(=O)O. The molecular formula is C10H9NO4. The van der Waals surface area contributed by atoms with Crippen molar-refractivity contribution in [3.05, 3.63) is 29.3 Å². The van der Waals surface area contributed by atoms with E-state index in [4.69, 9.17) is 15.1 Å². The summed E-state index contributed by atoms with van der Waals surface area (Å²) in [4.78, 5) is 10.6. The van der Waals surface area contributed by atoms with Gasteiger partial charge in [0, 0.05) is 0 Å². The molecule has 0 amide bonds. The number of aliphatic hydroxyl groups is 1. The van der Waals surface area contributed by atoms with E-state index >= 15 is 0 Å². The third kappa shape index (κ3) is 2.06. The van der Waals surface area contributed by atoms with Crippen molar-refractivity contribution in [3.63, 3.8) is 0 Å². The van der Waals surface area contributed by atoms with Crippen LogP contribution in [-0.2, 0) is 4.79 Å². The normalized spacial score (nSPS) is 11.5. The van der Waals surface area contributed by atoms with Crippen LogP contribution in [0, 0.1) is 11.3 Å². The molecule has 5 nitrogen and oxygen atoms in total. The van der Waals surface area contributed by atoms with Gasteiger partial charge in [0.1, 0.15) is 5.75 Å². The average molecular weight is 207 g/mol. The number of methoxy groups -OCH3 is 1. The van der Waals surface area contributed by atoms with E-state index in [1.54, 1.807) is 12.1 Å². The van der Waals surface area contributed by atoms with E-state index < -0.39 is 12.1 Å². The minimum Gasteiger partial charge on any atom is -0.496 e. The Morgan fingerprint density at radius 2 is 2.27 bits per heavy atom. The topological polar surface area (TPSA) is 90.5 Å². The maximum Gasteiger partial charge on any atom is 0.337 e. The van der Waals surface area contributed by atoms with E-state index in [0.717, 1.165) is 0 Å². The highest BCUT2D eigenvalue weighted by atomic mass is 16.5. The first kappa shape index (κ1) is 11.0. The molecule has 0 aromatic heterocycles. The Balaban J connectivity index is 3.35. The molecule has 0 heterocycles. The quantitative estimate of drug-likeness (QED) is 0.760. The van der Waals surface area contributed by atoms with Crippen molar-refractivity contribution in [1.82, 2.24) is 0 Å². The zero-order valence-corrected chi connectivity index (χ0v) is 7.97. The molecule has 1 unspecified atom stereocenters. The van der Waals surface area contributed by atoms with Crippen LogP contribution < -0.4 is 4.74 Å². The van der Waals surface area contributed by atoms with Gasteiger partial charge in [-0.1, -0.05) is 6.07 Å². The summed E-state index contributed by atoms with van der Waals surface area (Å²) in [7, 11) is 1.34. The number of carboxylic acids is 1. The van der Waals surface area contributed by atoms with Crippen LogP contribution in [0.1, 0.15) is 17.2 Å². The largest absolute Gasteiger partial charge is 0.496 e. The summed E-state index contributed by atoms with van der Waals surface area (Å²) in [5.41, 5.74) is 0.0688. The highest BCUT2D eigenvalue weighted by Crippen LogP contribution is 2.28. The second kappa shape index (κ2) is 4.44. The summed E-state index contributed by atoms with van der Waals surface area (Å²) in [6.45, 7) is 0. The fraction of sp³-hybridized carbons (Fsp3) is 0.200. The van der Waals surface area contributed by atoms with Crippen molar-refractivity contribution in [1.29, 1.82) is 5.26 Å². The third-order valence-corrected chi connectivity index (χ3v) is 1.91. The molecule has 2 N–H and O–H groups in total. The number of hydrogen-bond donors (Lipinski definition) is 2. The molecule has 0 aliphatic heterocycles. The molecule has 78 valence electrons. The van der Waals surface area contributed by atoms with Crippen molar-refractivity contribution < 1.29 is 19.7 Å². The molecule has 0 bridgehead atoms. The lowest BCUT2D eigenvalue weighted by Gasteiger charge is -2.12. The number of aliphatic carboxylic acids is 1. The van der Waals surface area contributed by atoms with Gasteiger partial charge in [-0.15, -0.1) is 0 Å². The molecule has 5 heteroatoms. The molecule has 1 aromatic carbocycles. The molecule has 0 saturated heterocycles. The van der Waals surface area contributed by atoms with Gasteiger partial charge in [0.25, 0.3) is 0 Å². The standard InChI is InChI=1S/C10H9NO4/c1-15-7-4-2-3-6(5-11)8(7)9(12)10(13)14/h2-4,9,12H,1H3,(H,13,14). The third-order valence-electron chi connectivity index (χ3n) is 1.91. The van der Waals surface area contributed by atoms with Crippen LogP contribution in [0.2, 0.25) is 0 Å². The van der Waals surface area contributed by atoms with Gasteiger partial charge in [-0.2, -0.15) is 5.26 Å². The van der Waals surface area contributed by atoms with Gasteiger partial charge in [-0.25, -0.2) is 4.79 Å². The van der Waals surface area contributed by atoms with Crippen LogP contribution in [0.15, 0.2) is 18.2 Å². The summed E-state index contributed by atoms with van der Waals surface area (Å²) >= 11 is 0. The van der Waals surface area contributed by atoms with Crippen LogP contribution in [0.4, 0.5) is 0 Å². The van der Waals surface area contributed by atoms with E-state index in [1.165, 1.54) is 19.2 Å². The van der Waals surface area contributed by atoms with E-state index in [9.17, 15) is 9.90 Å². The maximum absolute atomic E-state index is 10.6. The zero-order chi connectivity index (χ0) is 11.4. The first-order valence-corrected chi connectivity index (χ1v) is 4.09. The summed E-state index contributed by atoms with van der Waals surface area (Å²) < 4.78 is 4.88. The molecule has 15 heavy (non-hydrogen) atoms. The second-order valence-corrected chi connectivity index (χ2v) is 2.77. The van der Waals surface area contributed by atoms with E-state index in [0.29, 0.717) is 0 Å². The van der Waals surface area contributed by atoms with Crippen molar-refractivity contribution in [2.24, 2.45) is 0 Å². The van der Waals surface area contributed by atoms with E-state index in [2.05, 4.69) is 0 Å². The molecule has 0 aliphatic carbocycles. The van der Waals surface area contributed by atoms with E-state index in [1.807, 2.05) is 0 Å². The Morgan fingerprint density at radius 1 is 1.60 bits per heavy atom. The van der Waals surface area contributed by atoms with Gasteiger partial charge in [0.05, 0.1) is 24.3 Å². The van der Waals surface area contributed by atoms with Crippen molar-refractivity contribution in [2.75, 3.05) is 7.11 Å². The molecule has 1 atom stereocenters. The summed E-state index contributed by atoms with van der Waals surface area (Å²) in [6.07, 6.45) is -1.75. The molecular weight excluding hydrogens is 198 g/mol. The van der Waals surface area contributed by atoms with Crippen LogP contribution in [-0.4, -0.2) is 23.3 Å². The van der Waals surface area contributed by atoms with Gasteiger partial charge in [0.15, 0.2) is 6.10 Å². The lowest BCUT2D eigenvalue weighted by molar-refractivity contribution is -0.147. The van der Waals surface area contributed by atoms with Crippen LogP contribution >= 0.6 is 0 Å².